The Hall–Kier alpha value is -2.89. The predicted octanol–water partition coefficient (Wildman–Crippen LogP) is 5.18. The van der Waals surface area contributed by atoms with E-state index < -0.39 is 9.84 Å². The van der Waals surface area contributed by atoms with Gasteiger partial charge in [0.25, 0.3) is 0 Å². The standard InChI is InChI=1S/C22H15ClO4S/c1-28(25,26)15-12-10-14(11-13-15)22-20(16-6-2-4-8-18(16)23)21(24)17-7-3-5-9-19(17)27-22/h2-13H,1H3. The maximum atomic E-state index is 13.3. The van der Waals surface area contributed by atoms with Crippen LogP contribution in [0.2, 0.25) is 5.02 Å². The van der Waals surface area contributed by atoms with E-state index in [1.807, 2.05) is 0 Å². The number of hydrogen-bond donors (Lipinski definition) is 0. The fraction of sp³-hybridized carbons (Fsp3) is 0.0455. The zero-order chi connectivity index (χ0) is 19.9. The summed E-state index contributed by atoms with van der Waals surface area (Å²) in [5.74, 6) is 0.344. The first-order valence-corrected chi connectivity index (χ1v) is 10.7. The third-order valence-electron chi connectivity index (χ3n) is 4.49. The first-order valence-electron chi connectivity index (χ1n) is 8.47. The van der Waals surface area contributed by atoms with Gasteiger partial charge in [-0.1, -0.05) is 41.9 Å². The van der Waals surface area contributed by atoms with Gasteiger partial charge in [0.2, 0.25) is 5.43 Å². The van der Waals surface area contributed by atoms with Crippen LogP contribution >= 0.6 is 11.6 Å². The molecule has 0 amide bonds. The van der Waals surface area contributed by atoms with Gasteiger partial charge in [-0.2, -0.15) is 0 Å². The molecular formula is C22H15ClO4S. The van der Waals surface area contributed by atoms with Crippen LogP contribution in [0.4, 0.5) is 0 Å². The monoisotopic (exact) mass is 410 g/mol. The SMILES string of the molecule is CS(=O)(=O)c1ccc(-c2oc3ccccc3c(=O)c2-c2ccccc2Cl)cc1. The van der Waals surface area contributed by atoms with Crippen molar-refractivity contribution in [1.29, 1.82) is 0 Å². The normalized spacial score (nSPS) is 11.6. The summed E-state index contributed by atoms with van der Waals surface area (Å²) < 4.78 is 29.6. The molecule has 0 bridgehead atoms. The molecule has 3 aromatic carbocycles. The molecule has 0 spiro atoms. The summed E-state index contributed by atoms with van der Waals surface area (Å²) in [5.41, 5.74) is 1.75. The number of sulfone groups is 1. The number of benzene rings is 3. The van der Waals surface area contributed by atoms with Crippen molar-refractivity contribution in [3.05, 3.63) is 88.0 Å². The van der Waals surface area contributed by atoms with Gasteiger partial charge in [0.1, 0.15) is 11.3 Å². The Balaban J connectivity index is 2.06. The Morgan fingerprint density at radius 1 is 0.857 bits per heavy atom. The lowest BCUT2D eigenvalue weighted by Crippen LogP contribution is -2.07. The van der Waals surface area contributed by atoms with Crippen molar-refractivity contribution in [2.45, 2.75) is 4.90 Å². The van der Waals surface area contributed by atoms with E-state index in [4.69, 9.17) is 16.0 Å². The van der Waals surface area contributed by atoms with Crippen LogP contribution in [0.25, 0.3) is 33.4 Å². The van der Waals surface area contributed by atoms with E-state index >= 15 is 0 Å². The van der Waals surface area contributed by atoms with Crippen LogP contribution in [-0.4, -0.2) is 14.7 Å². The molecule has 0 unspecified atom stereocenters. The molecule has 6 heteroatoms. The summed E-state index contributed by atoms with van der Waals surface area (Å²) in [5, 5.41) is 0.882. The van der Waals surface area contributed by atoms with Gasteiger partial charge < -0.3 is 4.42 Å². The molecule has 0 radical (unpaired) electrons. The third kappa shape index (κ3) is 3.23. The first kappa shape index (κ1) is 18.5. The van der Waals surface area contributed by atoms with Crippen molar-refractivity contribution in [3.63, 3.8) is 0 Å². The van der Waals surface area contributed by atoms with Crippen LogP contribution in [0, 0.1) is 0 Å². The maximum absolute atomic E-state index is 13.3. The van der Waals surface area contributed by atoms with Crippen molar-refractivity contribution in [2.75, 3.05) is 6.26 Å². The Labute approximate surface area is 166 Å². The molecule has 4 rings (SSSR count). The van der Waals surface area contributed by atoms with Gasteiger partial charge >= 0.3 is 0 Å². The highest BCUT2D eigenvalue weighted by molar-refractivity contribution is 7.90. The topological polar surface area (TPSA) is 64.3 Å². The van der Waals surface area contributed by atoms with Gasteiger partial charge in [0.05, 0.1) is 15.8 Å². The summed E-state index contributed by atoms with van der Waals surface area (Å²) >= 11 is 6.37. The highest BCUT2D eigenvalue weighted by Gasteiger charge is 2.20. The molecule has 1 heterocycles. The lowest BCUT2D eigenvalue weighted by molar-refractivity contribution is 0.601. The fourth-order valence-electron chi connectivity index (χ4n) is 3.11. The predicted molar refractivity (Wildman–Crippen MR) is 111 cm³/mol. The van der Waals surface area contributed by atoms with E-state index in [0.29, 0.717) is 38.4 Å². The minimum absolute atomic E-state index is 0.193. The lowest BCUT2D eigenvalue weighted by atomic mass is 9.98. The van der Waals surface area contributed by atoms with E-state index in [1.165, 1.54) is 12.1 Å². The van der Waals surface area contributed by atoms with E-state index in [0.717, 1.165) is 6.26 Å². The minimum atomic E-state index is -3.33. The second-order valence-electron chi connectivity index (χ2n) is 6.41. The molecule has 1 aromatic heterocycles. The molecule has 0 N–H and O–H groups in total. The van der Waals surface area contributed by atoms with Crippen LogP contribution in [0.3, 0.4) is 0 Å². The number of para-hydroxylation sites is 1. The van der Waals surface area contributed by atoms with Crippen LogP contribution < -0.4 is 5.43 Å². The van der Waals surface area contributed by atoms with Gasteiger partial charge in [0, 0.05) is 22.4 Å². The summed E-state index contributed by atoms with van der Waals surface area (Å²) in [7, 11) is -3.33. The van der Waals surface area contributed by atoms with Gasteiger partial charge in [-0.3, -0.25) is 4.79 Å². The summed E-state index contributed by atoms with van der Waals surface area (Å²) in [6.45, 7) is 0. The summed E-state index contributed by atoms with van der Waals surface area (Å²) in [6.07, 6.45) is 1.15. The maximum Gasteiger partial charge on any atom is 0.201 e. The minimum Gasteiger partial charge on any atom is -0.455 e. The molecule has 0 aliphatic heterocycles. The van der Waals surface area contributed by atoms with Crippen LogP contribution in [0.1, 0.15) is 0 Å². The van der Waals surface area contributed by atoms with Crippen molar-refractivity contribution in [1.82, 2.24) is 0 Å². The quantitative estimate of drug-likeness (QED) is 0.466. The molecule has 0 atom stereocenters. The van der Waals surface area contributed by atoms with E-state index in [9.17, 15) is 13.2 Å². The molecule has 4 aromatic rings. The Morgan fingerprint density at radius 2 is 1.50 bits per heavy atom. The number of fused-ring (bicyclic) bond motifs is 1. The smallest absolute Gasteiger partial charge is 0.201 e. The molecule has 0 aliphatic rings. The molecular weight excluding hydrogens is 396 g/mol. The Kier molecular flexibility index (Phi) is 4.57. The van der Waals surface area contributed by atoms with E-state index in [2.05, 4.69) is 0 Å². The Morgan fingerprint density at radius 3 is 2.18 bits per heavy atom. The van der Waals surface area contributed by atoms with Crippen molar-refractivity contribution in [2.24, 2.45) is 0 Å². The van der Waals surface area contributed by atoms with E-state index in [-0.39, 0.29) is 10.3 Å². The lowest BCUT2D eigenvalue weighted by Gasteiger charge is -2.12. The van der Waals surface area contributed by atoms with Crippen LogP contribution in [-0.2, 0) is 9.84 Å². The third-order valence-corrected chi connectivity index (χ3v) is 5.94. The van der Waals surface area contributed by atoms with Gasteiger partial charge in [0.15, 0.2) is 9.84 Å². The van der Waals surface area contributed by atoms with Crippen LogP contribution in [0.15, 0.2) is 86.9 Å². The molecule has 0 aliphatic carbocycles. The van der Waals surface area contributed by atoms with Gasteiger partial charge in [-0.25, -0.2) is 8.42 Å². The fourth-order valence-corrected chi connectivity index (χ4v) is 3.97. The number of rotatable bonds is 3. The average Bonchev–Trinajstić information content (AvgIpc) is 2.68. The zero-order valence-corrected chi connectivity index (χ0v) is 16.4. The van der Waals surface area contributed by atoms with E-state index in [1.54, 1.807) is 60.7 Å². The van der Waals surface area contributed by atoms with Gasteiger partial charge in [-0.05, 0) is 42.5 Å². The average molecular weight is 411 g/mol. The van der Waals surface area contributed by atoms with Crippen molar-refractivity contribution in [3.8, 4) is 22.5 Å². The molecule has 0 fully saturated rings. The second-order valence-corrected chi connectivity index (χ2v) is 8.83. The van der Waals surface area contributed by atoms with Crippen molar-refractivity contribution >= 4 is 32.4 Å². The molecule has 0 saturated heterocycles. The number of hydrogen-bond acceptors (Lipinski definition) is 4. The second kappa shape index (κ2) is 6.93. The molecule has 28 heavy (non-hydrogen) atoms. The highest BCUT2D eigenvalue weighted by atomic mass is 35.5. The largest absolute Gasteiger partial charge is 0.455 e. The van der Waals surface area contributed by atoms with Crippen LogP contribution in [0.5, 0.6) is 0 Å². The summed E-state index contributed by atoms with van der Waals surface area (Å²) in [6, 6.07) is 20.3. The first-order chi connectivity index (χ1) is 13.4. The molecule has 4 nitrogen and oxygen atoms in total. The van der Waals surface area contributed by atoms with Crippen molar-refractivity contribution < 1.29 is 12.8 Å². The Bertz CT molecular complexity index is 1350. The molecule has 140 valence electrons. The molecule has 0 saturated carbocycles. The van der Waals surface area contributed by atoms with Gasteiger partial charge in [-0.15, -0.1) is 0 Å². The highest BCUT2D eigenvalue weighted by Crippen LogP contribution is 2.36. The zero-order valence-electron chi connectivity index (χ0n) is 14.8. The number of halogens is 1. The summed E-state index contributed by atoms with van der Waals surface area (Å²) in [4.78, 5) is 13.5.